The van der Waals surface area contributed by atoms with Crippen molar-refractivity contribution in [3.63, 3.8) is 0 Å². The summed E-state index contributed by atoms with van der Waals surface area (Å²) in [6.07, 6.45) is -3.58. The molecule has 4 unspecified atom stereocenters. The number of carbonyl (C=O) groups is 1. The number of rotatable bonds is 8. The third-order valence-electron chi connectivity index (χ3n) is 5.21. The van der Waals surface area contributed by atoms with E-state index in [4.69, 9.17) is 4.74 Å². The molecule has 3 aliphatic heterocycles. The van der Waals surface area contributed by atoms with Gasteiger partial charge in [0.1, 0.15) is 23.7 Å². The monoisotopic (exact) mass is 556 g/mol. The van der Waals surface area contributed by atoms with Gasteiger partial charge < -0.3 is 49.1 Å². The summed E-state index contributed by atoms with van der Waals surface area (Å²) in [5, 5.41) is 36.8. The Morgan fingerprint density at radius 2 is 1.89 bits per heavy atom. The van der Waals surface area contributed by atoms with E-state index in [1.165, 1.54) is 11.2 Å². The van der Waals surface area contributed by atoms with Crippen LogP contribution < -0.4 is 35.6 Å². The average molecular weight is 556 g/mol. The predicted octanol–water partition coefficient (Wildman–Crippen LogP) is -4.98. The zero-order valence-corrected chi connectivity index (χ0v) is 19.9. The summed E-state index contributed by atoms with van der Waals surface area (Å²) < 4.78 is 49.9. The zero-order chi connectivity index (χ0) is 26.4. The molecule has 22 heteroatoms. The van der Waals surface area contributed by atoms with Crippen molar-refractivity contribution in [1.29, 1.82) is 10.5 Å². The Morgan fingerprint density at radius 1 is 1.23 bits per heavy atom. The Bertz CT molecular complexity index is 1160. The number of phosphoric ester groups is 1. The summed E-state index contributed by atoms with van der Waals surface area (Å²) in [6.45, 7) is -0.179. The highest BCUT2D eigenvalue weighted by Crippen LogP contribution is 2.61. The van der Waals surface area contributed by atoms with Crippen molar-refractivity contribution in [3.8, 4) is 12.1 Å². The van der Waals surface area contributed by atoms with Gasteiger partial charge in [-0.2, -0.15) is 10.5 Å². The molecule has 7 atom stereocenters. The van der Waals surface area contributed by atoms with Gasteiger partial charge >= 0.3 is 0 Å². The molecule has 2 fully saturated rings. The summed E-state index contributed by atoms with van der Waals surface area (Å²) in [5.41, 5.74) is -1.80. The van der Waals surface area contributed by atoms with Crippen LogP contribution in [0.3, 0.4) is 0 Å². The lowest BCUT2D eigenvalue weighted by Gasteiger charge is -2.40. The maximum atomic E-state index is 12.1. The Morgan fingerprint density at radius 3 is 2.46 bits per heavy atom. The van der Waals surface area contributed by atoms with Gasteiger partial charge in [-0.3, -0.25) is 23.2 Å². The molecule has 19 nitrogen and oxygen atoms in total. The van der Waals surface area contributed by atoms with Crippen molar-refractivity contribution >= 4 is 29.4 Å². The number of amides is 1. The topological polar surface area (TPSA) is 305 Å². The molecule has 0 spiro atoms. The summed E-state index contributed by atoms with van der Waals surface area (Å²) in [6, 6.07) is 3.49. The number of aliphatic hydroxyl groups is 1. The second-order valence-corrected chi connectivity index (χ2v) is 11.6. The fourth-order valence-electron chi connectivity index (χ4n) is 3.63. The van der Waals surface area contributed by atoms with Crippen LogP contribution in [0.2, 0.25) is 0 Å². The molecular weight excluding hydrogens is 541 g/mol. The fraction of sp³-hybridized carbons (Fsp3) is 0.615. The molecule has 0 aromatic rings. The minimum absolute atomic E-state index is 0.0676. The van der Waals surface area contributed by atoms with Crippen molar-refractivity contribution in [3.05, 3.63) is 11.9 Å². The van der Waals surface area contributed by atoms with E-state index in [2.05, 4.69) is 29.2 Å². The molecule has 0 aromatic heterocycles. The molecule has 0 bridgehead atoms. The molecule has 1 amide bonds. The average Bonchev–Trinajstić information content (AvgIpc) is 3.24. The van der Waals surface area contributed by atoms with Crippen LogP contribution >= 0.6 is 23.5 Å². The van der Waals surface area contributed by atoms with Crippen molar-refractivity contribution in [1.82, 2.24) is 21.1 Å². The molecule has 3 heterocycles. The molecule has 4 N–H and O–H groups in total. The van der Waals surface area contributed by atoms with E-state index < -0.39 is 65.4 Å². The third-order valence-corrected chi connectivity index (χ3v) is 8.87. The van der Waals surface area contributed by atoms with E-state index in [1.807, 2.05) is 0 Å². The minimum Gasteiger partial charge on any atom is -0.790 e. The van der Waals surface area contributed by atoms with Crippen LogP contribution in [0.4, 0.5) is 0 Å². The van der Waals surface area contributed by atoms with Gasteiger partial charge in [-0.1, -0.05) is 0 Å². The number of fused-ring (bicyclic) bond motifs is 1. The first-order chi connectivity index (χ1) is 16.0. The first-order valence-corrected chi connectivity index (χ1v) is 13.6. The number of phosphoric acid groups is 3. The summed E-state index contributed by atoms with van der Waals surface area (Å²) in [7, 11) is -18.4. The smallest absolute Gasteiger partial charge is 0.278 e. The van der Waals surface area contributed by atoms with Crippen molar-refractivity contribution in [2.75, 3.05) is 13.3 Å². The van der Waals surface area contributed by atoms with E-state index in [0.29, 0.717) is 0 Å². The Balaban J connectivity index is 1.83. The van der Waals surface area contributed by atoms with E-state index in [9.17, 15) is 53.7 Å². The third kappa shape index (κ3) is 5.15. The van der Waals surface area contributed by atoms with Gasteiger partial charge in [-0.15, -0.1) is 0 Å². The van der Waals surface area contributed by atoms with Gasteiger partial charge in [0.2, 0.25) is 5.60 Å². The van der Waals surface area contributed by atoms with Crippen LogP contribution in [-0.2, 0) is 36.4 Å². The van der Waals surface area contributed by atoms with E-state index in [0.717, 1.165) is 6.92 Å². The highest BCUT2D eigenvalue weighted by Gasteiger charge is 2.68. The van der Waals surface area contributed by atoms with Crippen LogP contribution in [-0.4, -0.2) is 53.3 Å². The fourth-order valence-corrected chi connectivity index (χ4v) is 6.49. The van der Waals surface area contributed by atoms with E-state index >= 15 is 0 Å². The largest absolute Gasteiger partial charge is 0.790 e. The second-order valence-electron chi connectivity index (χ2n) is 7.35. The van der Waals surface area contributed by atoms with Gasteiger partial charge in [0.15, 0.2) is 6.17 Å². The molecule has 35 heavy (non-hydrogen) atoms. The quantitative estimate of drug-likeness (QED) is 0.203. The van der Waals surface area contributed by atoms with Crippen LogP contribution in [0.5, 0.6) is 0 Å². The van der Waals surface area contributed by atoms with Crippen LogP contribution in [0.25, 0.3) is 0 Å². The van der Waals surface area contributed by atoms with Crippen LogP contribution in [0.15, 0.2) is 11.9 Å². The molecule has 2 saturated heterocycles. The van der Waals surface area contributed by atoms with Gasteiger partial charge in [0, 0.05) is 6.20 Å². The van der Waals surface area contributed by atoms with Gasteiger partial charge in [-0.05, 0) is 6.92 Å². The van der Waals surface area contributed by atoms with Crippen LogP contribution in [0, 0.1) is 28.1 Å². The number of hydrogen-bond acceptors (Lipinski definition) is 18. The maximum absolute atomic E-state index is 12.1. The minimum atomic E-state index is -6.23. The molecular formula is C13H15N6O13P3-4. The van der Waals surface area contributed by atoms with Crippen molar-refractivity contribution in [2.24, 2.45) is 5.41 Å². The summed E-state index contributed by atoms with van der Waals surface area (Å²) in [4.78, 5) is 56.0. The number of nitrogens with one attached hydrogen (secondary N) is 3. The molecule has 0 saturated carbocycles. The Hall–Kier alpha value is -1.92. The van der Waals surface area contributed by atoms with E-state index in [-0.39, 0.29) is 12.4 Å². The molecule has 0 aromatic carbocycles. The van der Waals surface area contributed by atoms with Crippen molar-refractivity contribution < 1.29 is 61.1 Å². The number of ether oxygens (including phenoxy) is 1. The first-order valence-electron chi connectivity index (χ1n) is 9.18. The number of nitriles is 2. The molecule has 0 aliphatic carbocycles. The highest BCUT2D eigenvalue weighted by atomic mass is 31.3. The summed E-state index contributed by atoms with van der Waals surface area (Å²) >= 11 is 0. The lowest BCUT2D eigenvalue weighted by molar-refractivity contribution is -0.339. The van der Waals surface area contributed by atoms with Gasteiger partial charge in [0.05, 0.1) is 32.9 Å². The SMILES string of the molecule is CC1(C#N)[C@@H](O)[C@H](COP(=O)([O-])OP(=O)([O-])OP(=O)([O-])[O-])O[C@]1(C#N)C1=CNC2C(=O)NCNN12. The maximum Gasteiger partial charge on any atom is 0.278 e. The predicted molar refractivity (Wildman–Crippen MR) is 96.9 cm³/mol. The van der Waals surface area contributed by atoms with Crippen molar-refractivity contribution in [2.45, 2.75) is 30.9 Å². The lowest BCUT2D eigenvalue weighted by atomic mass is 9.70. The van der Waals surface area contributed by atoms with Gasteiger partial charge in [-0.25, -0.2) is 9.74 Å². The Labute approximate surface area is 196 Å². The van der Waals surface area contributed by atoms with Crippen LogP contribution in [0.1, 0.15) is 6.92 Å². The zero-order valence-electron chi connectivity index (χ0n) is 17.3. The number of hydrogen-bond donors (Lipinski definition) is 4. The second kappa shape index (κ2) is 9.19. The standard InChI is InChI=1S/C13H19N6O13P3/c1-12(4-14)9(20)7(3-29-34(25,26)32-35(27,28)31-33(22,23)24)30-13(12,5-15)8-2-16-10-11(21)17-6-18-19(8)10/h2,7,9-10,16,18,20H,3,6H2,1H3,(H,17,21)(H,25,26)(H,27,28)(H2,22,23,24)/p-4/t7-,9-,10?,12?,13+/m0/s1. The summed E-state index contributed by atoms with van der Waals surface area (Å²) in [5.74, 6) is -0.505. The Kier molecular flexibility index (Phi) is 7.26. The molecule has 3 aliphatic rings. The number of hydrazine groups is 1. The number of carbonyl (C=O) groups excluding carboxylic acids is 1. The molecule has 194 valence electrons. The van der Waals surface area contributed by atoms with E-state index in [1.54, 1.807) is 12.1 Å². The number of nitrogens with zero attached hydrogens (tertiary/aromatic N) is 3. The molecule has 3 rings (SSSR count). The molecule has 0 radical (unpaired) electrons. The van der Waals surface area contributed by atoms with Gasteiger partial charge in [0.25, 0.3) is 21.6 Å². The first kappa shape index (κ1) is 27.7. The lowest BCUT2D eigenvalue weighted by Crippen LogP contribution is -2.65. The highest BCUT2D eigenvalue weighted by molar-refractivity contribution is 7.64. The normalized spacial score (nSPS) is 36.0. The number of aliphatic hydroxyl groups excluding tert-OH is 1.